The number of rotatable bonds is 2. The molecule has 2 bridgehead atoms. The Balaban J connectivity index is 1.69. The minimum Gasteiger partial charge on any atom is -0.310 e. The van der Waals surface area contributed by atoms with Gasteiger partial charge in [-0.3, -0.25) is 4.90 Å². The van der Waals surface area contributed by atoms with E-state index >= 15 is 0 Å². The molecule has 1 aromatic carbocycles. The molecule has 2 unspecified atom stereocenters. The van der Waals surface area contributed by atoms with Crippen LogP contribution in [0.3, 0.4) is 0 Å². The SMILES string of the molecule is Cc1cc(C#N)ccc1CN1CCC2CCC(C1)N2. The smallest absolute Gasteiger partial charge is 0.0991 e. The van der Waals surface area contributed by atoms with Crippen molar-refractivity contribution in [3.8, 4) is 6.07 Å². The van der Waals surface area contributed by atoms with Crippen LogP contribution in [-0.2, 0) is 6.54 Å². The molecule has 0 amide bonds. The van der Waals surface area contributed by atoms with Gasteiger partial charge in [0.15, 0.2) is 0 Å². The van der Waals surface area contributed by atoms with Crippen LogP contribution in [0.5, 0.6) is 0 Å². The molecule has 19 heavy (non-hydrogen) atoms. The molecule has 0 aromatic heterocycles. The van der Waals surface area contributed by atoms with Gasteiger partial charge in [-0.1, -0.05) is 6.07 Å². The van der Waals surface area contributed by atoms with Crippen LogP contribution >= 0.6 is 0 Å². The first-order valence-electron chi connectivity index (χ1n) is 7.22. The van der Waals surface area contributed by atoms with Gasteiger partial charge in [-0.2, -0.15) is 5.26 Å². The predicted octanol–water partition coefficient (Wildman–Crippen LogP) is 2.19. The number of fused-ring (bicyclic) bond motifs is 2. The molecule has 100 valence electrons. The van der Waals surface area contributed by atoms with Gasteiger partial charge < -0.3 is 5.32 Å². The van der Waals surface area contributed by atoms with Gasteiger partial charge in [-0.15, -0.1) is 0 Å². The fourth-order valence-corrected chi connectivity index (χ4v) is 3.34. The number of nitrogens with one attached hydrogen (secondary N) is 1. The molecule has 0 radical (unpaired) electrons. The largest absolute Gasteiger partial charge is 0.310 e. The minimum atomic E-state index is 0.686. The summed E-state index contributed by atoms with van der Waals surface area (Å²) in [5.41, 5.74) is 3.36. The Morgan fingerprint density at radius 1 is 1.32 bits per heavy atom. The first-order valence-corrected chi connectivity index (χ1v) is 7.22. The van der Waals surface area contributed by atoms with E-state index in [0.29, 0.717) is 6.04 Å². The van der Waals surface area contributed by atoms with E-state index in [-0.39, 0.29) is 0 Å². The molecular weight excluding hydrogens is 234 g/mol. The number of nitriles is 1. The third-order valence-electron chi connectivity index (χ3n) is 4.47. The van der Waals surface area contributed by atoms with E-state index in [4.69, 9.17) is 5.26 Å². The van der Waals surface area contributed by atoms with Crippen molar-refractivity contribution in [2.75, 3.05) is 13.1 Å². The highest BCUT2D eigenvalue weighted by atomic mass is 15.2. The second-order valence-corrected chi connectivity index (χ2v) is 5.91. The van der Waals surface area contributed by atoms with E-state index in [1.165, 1.54) is 36.9 Å². The van der Waals surface area contributed by atoms with Crippen molar-refractivity contribution in [2.24, 2.45) is 0 Å². The molecule has 2 atom stereocenters. The molecule has 2 aliphatic heterocycles. The lowest BCUT2D eigenvalue weighted by Gasteiger charge is -2.24. The standard InChI is InChI=1S/C16H21N3/c1-12-8-13(9-17)2-3-14(12)10-19-7-6-15-4-5-16(11-19)18-15/h2-3,8,15-16,18H,4-7,10-11H2,1H3. The predicted molar refractivity (Wildman–Crippen MR) is 75.7 cm³/mol. The molecule has 3 nitrogen and oxygen atoms in total. The molecule has 1 aromatic rings. The summed E-state index contributed by atoms with van der Waals surface area (Å²) in [6.07, 6.45) is 3.95. The highest BCUT2D eigenvalue weighted by Crippen LogP contribution is 2.22. The van der Waals surface area contributed by atoms with Gasteiger partial charge in [0.1, 0.15) is 0 Å². The Hall–Kier alpha value is -1.37. The summed E-state index contributed by atoms with van der Waals surface area (Å²) in [4.78, 5) is 2.56. The number of aryl methyl sites for hydroxylation is 1. The summed E-state index contributed by atoms with van der Waals surface area (Å²) in [6.45, 7) is 5.48. The van der Waals surface area contributed by atoms with Gasteiger partial charge in [-0.25, -0.2) is 0 Å². The lowest BCUT2D eigenvalue weighted by Crippen LogP contribution is -2.35. The summed E-state index contributed by atoms with van der Waals surface area (Å²) in [5, 5.41) is 12.6. The molecule has 0 aliphatic carbocycles. The van der Waals surface area contributed by atoms with E-state index in [9.17, 15) is 0 Å². The molecule has 1 N–H and O–H groups in total. The first kappa shape index (κ1) is 12.7. The van der Waals surface area contributed by atoms with Crippen LogP contribution in [0.15, 0.2) is 18.2 Å². The second-order valence-electron chi connectivity index (χ2n) is 5.91. The molecule has 2 heterocycles. The summed E-state index contributed by atoms with van der Waals surface area (Å²) >= 11 is 0. The van der Waals surface area contributed by atoms with E-state index in [1.54, 1.807) is 0 Å². The van der Waals surface area contributed by atoms with Crippen LogP contribution in [0, 0.1) is 18.3 Å². The molecule has 2 fully saturated rings. The fourth-order valence-electron chi connectivity index (χ4n) is 3.34. The highest BCUT2D eigenvalue weighted by Gasteiger charge is 2.29. The highest BCUT2D eigenvalue weighted by molar-refractivity contribution is 5.37. The summed E-state index contributed by atoms with van der Waals surface area (Å²) < 4.78 is 0. The van der Waals surface area contributed by atoms with Crippen molar-refractivity contribution < 1.29 is 0 Å². The van der Waals surface area contributed by atoms with Crippen molar-refractivity contribution >= 4 is 0 Å². The van der Waals surface area contributed by atoms with Crippen molar-refractivity contribution in [2.45, 2.75) is 44.8 Å². The van der Waals surface area contributed by atoms with Crippen molar-refractivity contribution in [3.05, 3.63) is 34.9 Å². The maximum Gasteiger partial charge on any atom is 0.0991 e. The minimum absolute atomic E-state index is 0.686. The molecular formula is C16H21N3. The Labute approximate surface area is 115 Å². The van der Waals surface area contributed by atoms with Crippen molar-refractivity contribution in [3.63, 3.8) is 0 Å². The fraction of sp³-hybridized carbons (Fsp3) is 0.562. The van der Waals surface area contributed by atoms with Gasteiger partial charge in [0, 0.05) is 31.7 Å². The van der Waals surface area contributed by atoms with Crippen molar-refractivity contribution in [1.29, 1.82) is 5.26 Å². The molecule has 2 aliphatic rings. The normalized spacial score (nSPS) is 26.9. The molecule has 2 saturated heterocycles. The summed E-state index contributed by atoms with van der Waals surface area (Å²) in [7, 11) is 0. The number of likely N-dealkylation sites (tertiary alicyclic amines) is 1. The maximum absolute atomic E-state index is 8.91. The second kappa shape index (κ2) is 5.32. The van der Waals surface area contributed by atoms with Gasteiger partial charge in [0.2, 0.25) is 0 Å². The number of hydrogen-bond acceptors (Lipinski definition) is 3. The summed E-state index contributed by atoms with van der Waals surface area (Å²) in [5.74, 6) is 0. The maximum atomic E-state index is 8.91. The monoisotopic (exact) mass is 255 g/mol. The zero-order valence-electron chi connectivity index (χ0n) is 11.5. The zero-order chi connectivity index (χ0) is 13.2. The van der Waals surface area contributed by atoms with E-state index in [2.05, 4.69) is 29.3 Å². The first-order chi connectivity index (χ1) is 9.24. The van der Waals surface area contributed by atoms with Crippen LogP contribution in [0.25, 0.3) is 0 Å². The number of hydrogen-bond donors (Lipinski definition) is 1. The van der Waals surface area contributed by atoms with Gasteiger partial charge in [0.05, 0.1) is 11.6 Å². The number of nitrogens with zero attached hydrogens (tertiary/aromatic N) is 2. The Bertz CT molecular complexity index is 503. The lowest BCUT2D eigenvalue weighted by molar-refractivity contribution is 0.250. The van der Waals surface area contributed by atoms with Crippen LogP contribution in [0.2, 0.25) is 0 Å². The lowest BCUT2D eigenvalue weighted by atomic mass is 10.0. The topological polar surface area (TPSA) is 39.1 Å². The molecule has 3 heteroatoms. The molecule has 3 rings (SSSR count). The van der Waals surface area contributed by atoms with Gasteiger partial charge in [0.25, 0.3) is 0 Å². The average Bonchev–Trinajstić information content (AvgIpc) is 2.74. The van der Waals surface area contributed by atoms with Gasteiger partial charge >= 0.3 is 0 Å². The van der Waals surface area contributed by atoms with E-state index in [0.717, 1.165) is 24.7 Å². The van der Waals surface area contributed by atoms with Crippen LogP contribution in [-0.4, -0.2) is 30.1 Å². The summed E-state index contributed by atoms with van der Waals surface area (Å²) in [6, 6.07) is 9.69. The number of benzene rings is 1. The van der Waals surface area contributed by atoms with Crippen molar-refractivity contribution in [1.82, 2.24) is 10.2 Å². The quantitative estimate of drug-likeness (QED) is 0.880. The zero-order valence-corrected chi connectivity index (χ0v) is 11.5. The molecule has 0 saturated carbocycles. The van der Waals surface area contributed by atoms with Gasteiger partial charge in [-0.05, 0) is 49.4 Å². The van der Waals surface area contributed by atoms with E-state index < -0.39 is 0 Å². The van der Waals surface area contributed by atoms with Crippen LogP contribution < -0.4 is 5.32 Å². The Morgan fingerprint density at radius 3 is 2.95 bits per heavy atom. The van der Waals surface area contributed by atoms with E-state index in [1.807, 2.05) is 12.1 Å². The third-order valence-corrected chi connectivity index (χ3v) is 4.47. The van der Waals surface area contributed by atoms with Crippen LogP contribution in [0.1, 0.15) is 36.0 Å². The van der Waals surface area contributed by atoms with Crippen LogP contribution in [0.4, 0.5) is 0 Å². The molecule has 0 spiro atoms. The Morgan fingerprint density at radius 2 is 2.16 bits per heavy atom. The Kier molecular flexibility index (Phi) is 3.54. The average molecular weight is 255 g/mol. The third kappa shape index (κ3) is 2.80.